The van der Waals surface area contributed by atoms with Gasteiger partial charge in [0.2, 0.25) is 0 Å². The highest BCUT2D eigenvalue weighted by Gasteiger charge is 2.28. The van der Waals surface area contributed by atoms with E-state index in [1.165, 1.54) is 12.8 Å². The molecule has 0 radical (unpaired) electrons. The van der Waals surface area contributed by atoms with Crippen LogP contribution in [-0.4, -0.2) is 53.3 Å². The van der Waals surface area contributed by atoms with Crippen LogP contribution < -0.4 is 10.2 Å². The molecule has 6 nitrogen and oxygen atoms in total. The van der Waals surface area contributed by atoms with Crippen LogP contribution in [0.3, 0.4) is 0 Å². The number of aromatic nitrogens is 1. The normalized spacial score (nSPS) is 21.0. The van der Waals surface area contributed by atoms with Crippen LogP contribution in [-0.2, 0) is 6.54 Å². The third kappa shape index (κ3) is 3.58. The zero-order chi connectivity index (χ0) is 16.2. The lowest BCUT2D eigenvalue weighted by atomic mass is 10.2. The second kappa shape index (κ2) is 7.17. The van der Waals surface area contributed by atoms with Crippen molar-refractivity contribution in [1.29, 1.82) is 0 Å². The van der Waals surface area contributed by atoms with Crippen molar-refractivity contribution in [2.24, 2.45) is 0 Å². The van der Waals surface area contributed by atoms with E-state index in [0.717, 1.165) is 49.6 Å². The van der Waals surface area contributed by atoms with Crippen molar-refractivity contribution >= 4 is 11.8 Å². The first-order chi connectivity index (χ1) is 11.2. The number of aliphatic hydroxyl groups excluding tert-OH is 1. The number of hydrogen-bond acceptors (Lipinski definition) is 4. The minimum Gasteiger partial charge on any atom is -0.394 e. The molecule has 0 saturated carbocycles. The number of carbonyl (C=O) groups excluding carboxylic acids is 1. The number of nitrogens with one attached hydrogen (secondary N) is 1. The molecule has 2 aliphatic heterocycles. The Morgan fingerprint density at radius 2 is 2.09 bits per heavy atom. The Morgan fingerprint density at radius 3 is 2.83 bits per heavy atom. The molecular weight excluding hydrogens is 292 g/mol. The van der Waals surface area contributed by atoms with Crippen LogP contribution in [0.4, 0.5) is 10.6 Å². The first-order valence-electron chi connectivity index (χ1n) is 8.56. The first-order valence-corrected chi connectivity index (χ1v) is 8.56. The van der Waals surface area contributed by atoms with Crippen molar-refractivity contribution < 1.29 is 9.90 Å². The molecule has 23 heavy (non-hydrogen) atoms. The summed E-state index contributed by atoms with van der Waals surface area (Å²) in [5, 5.41) is 12.3. The number of likely N-dealkylation sites (tertiary alicyclic amines) is 1. The maximum atomic E-state index is 12.4. The van der Waals surface area contributed by atoms with Crippen molar-refractivity contribution in [2.75, 3.05) is 31.1 Å². The SMILES string of the molecule is Cc1ccc(CNC(=O)N2CCC[C@@H]2CO)c(N2CCCC2)n1. The number of aliphatic hydroxyl groups is 1. The quantitative estimate of drug-likeness (QED) is 0.886. The Balaban J connectivity index is 1.67. The Morgan fingerprint density at radius 1 is 1.30 bits per heavy atom. The predicted octanol–water partition coefficient (Wildman–Crippen LogP) is 1.66. The summed E-state index contributed by atoms with van der Waals surface area (Å²) in [6.07, 6.45) is 4.25. The minimum absolute atomic E-state index is 0.0378. The lowest BCUT2D eigenvalue weighted by molar-refractivity contribution is 0.157. The molecule has 0 bridgehead atoms. The van der Waals surface area contributed by atoms with Gasteiger partial charge < -0.3 is 20.2 Å². The molecule has 2 saturated heterocycles. The van der Waals surface area contributed by atoms with E-state index in [4.69, 9.17) is 0 Å². The van der Waals surface area contributed by atoms with E-state index in [0.29, 0.717) is 6.54 Å². The number of hydrogen-bond donors (Lipinski definition) is 2. The van der Waals surface area contributed by atoms with E-state index in [9.17, 15) is 9.90 Å². The topological polar surface area (TPSA) is 68.7 Å². The highest BCUT2D eigenvalue weighted by molar-refractivity contribution is 5.75. The lowest BCUT2D eigenvalue weighted by Crippen LogP contribution is -2.44. The lowest BCUT2D eigenvalue weighted by Gasteiger charge is -2.24. The van der Waals surface area contributed by atoms with Crippen molar-refractivity contribution in [3.63, 3.8) is 0 Å². The van der Waals surface area contributed by atoms with E-state index in [1.807, 2.05) is 13.0 Å². The molecule has 1 atom stereocenters. The molecule has 0 spiro atoms. The van der Waals surface area contributed by atoms with Crippen LogP contribution in [0.15, 0.2) is 12.1 Å². The van der Waals surface area contributed by atoms with Crippen LogP contribution in [0.2, 0.25) is 0 Å². The van der Waals surface area contributed by atoms with Gasteiger partial charge in [-0.1, -0.05) is 6.07 Å². The van der Waals surface area contributed by atoms with E-state index >= 15 is 0 Å². The molecule has 2 N–H and O–H groups in total. The summed E-state index contributed by atoms with van der Waals surface area (Å²) in [7, 11) is 0. The van der Waals surface area contributed by atoms with Crippen molar-refractivity contribution in [1.82, 2.24) is 15.2 Å². The highest BCUT2D eigenvalue weighted by Crippen LogP contribution is 2.23. The third-order valence-corrected chi connectivity index (χ3v) is 4.78. The molecule has 6 heteroatoms. The maximum Gasteiger partial charge on any atom is 0.317 e. The van der Waals surface area contributed by atoms with Gasteiger partial charge in [0.05, 0.1) is 12.6 Å². The van der Waals surface area contributed by atoms with Crippen LogP contribution in [0.25, 0.3) is 0 Å². The third-order valence-electron chi connectivity index (χ3n) is 4.78. The molecule has 2 amide bonds. The van der Waals surface area contributed by atoms with Gasteiger partial charge in [0.1, 0.15) is 5.82 Å². The summed E-state index contributed by atoms with van der Waals surface area (Å²) in [6.45, 7) is 5.32. The predicted molar refractivity (Wildman–Crippen MR) is 89.5 cm³/mol. The molecule has 126 valence electrons. The summed E-state index contributed by atoms with van der Waals surface area (Å²) >= 11 is 0. The number of pyridine rings is 1. The average molecular weight is 318 g/mol. The minimum atomic E-state index is -0.0884. The molecule has 0 aliphatic carbocycles. The molecule has 0 aromatic carbocycles. The second-order valence-corrected chi connectivity index (χ2v) is 6.46. The van der Waals surface area contributed by atoms with Crippen LogP contribution in [0.5, 0.6) is 0 Å². The number of rotatable bonds is 4. The summed E-state index contributed by atoms with van der Waals surface area (Å²) in [5.74, 6) is 1.00. The van der Waals surface area contributed by atoms with E-state index in [2.05, 4.69) is 21.3 Å². The fourth-order valence-electron chi connectivity index (χ4n) is 3.48. The van der Waals surface area contributed by atoms with Gasteiger partial charge in [-0.3, -0.25) is 0 Å². The fraction of sp³-hybridized carbons (Fsp3) is 0.647. The molecule has 0 unspecified atom stereocenters. The number of nitrogens with zero attached hydrogens (tertiary/aromatic N) is 3. The van der Waals surface area contributed by atoms with Crippen LogP contribution in [0.1, 0.15) is 36.9 Å². The smallest absolute Gasteiger partial charge is 0.317 e. The van der Waals surface area contributed by atoms with Crippen LogP contribution in [0, 0.1) is 6.92 Å². The summed E-state index contributed by atoms with van der Waals surface area (Å²) in [4.78, 5) is 21.1. The fourth-order valence-corrected chi connectivity index (χ4v) is 3.48. The summed E-state index contributed by atoms with van der Waals surface area (Å²) in [5.41, 5.74) is 2.06. The molecular formula is C17H26N4O2. The van der Waals surface area contributed by atoms with Gasteiger partial charge >= 0.3 is 6.03 Å². The average Bonchev–Trinajstić information content (AvgIpc) is 3.24. The first kappa shape index (κ1) is 16.1. The van der Waals surface area contributed by atoms with E-state index < -0.39 is 0 Å². The maximum absolute atomic E-state index is 12.4. The highest BCUT2D eigenvalue weighted by atomic mass is 16.3. The van der Waals surface area contributed by atoms with Gasteiger partial charge in [0, 0.05) is 37.4 Å². The van der Waals surface area contributed by atoms with Crippen molar-refractivity contribution in [3.8, 4) is 0 Å². The van der Waals surface area contributed by atoms with E-state index in [1.54, 1.807) is 4.90 Å². The largest absolute Gasteiger partial charge is 0.394 e. The second-order valence-electron chi connectivity index (χ2n) is 6.46. The number of amides is 2. The van der Waals surface area contributed by atoms with Crippen LogP contribution >= 0.6 is 0 Å². The number of urea groups is 1. The number of aryl methyl sites for hydroxylation is 1. The molecule has 3 rings (SSSR count). The van der Waals surface area contributed by atoms with Gasteiger partial charge in [0.15, 0.2) is 0 Å². The van der Waals surface area contributed by atoms with Gasteiger partial charge in [-0.2, -0.15) is 0 Å². The van der Waals surface area contributed by atoms with Crippen molar-refractivity contribution in [2.45, 2.75) is 45.2 Å². The van der Waals surface area contributed by atoms with Gasteiger partial charge in [-0.15, -0.1) is 0 Å². The van der Waals surface area contributed by atoms with E-state index in [-0.39, 0.29) is 18.7 Å². The Labute approximate surface area is 137 Å². The Bertz CT molecular complexity index is 558. The number of anilines is 1. The van der Waals surface area contributed by atoms with Crippen molar-refractivity contribution in [3.05, 3.63) is 23.4 Å². The zero-order valence-electron chi connectivity index (χ0n) is 13.8. The van der Waals surface area contributed by atoms with Gasteiger partial charge in [-0.25, -0.2) is 9.78 Å². The zero-order valence-corrected chi connectivity index (χ0v) is 13.8. The molecule has 2 fully saturated rings. The monoisotopic (exact) mass is 318 g/mol. The summed E-state index contributed by atoms with van der Waals surface area (Å²) in [6, 6.07) is 3.93. The Hall–Kier alpha value is -1.82. The van der Waals surface area contributed by atoms with Gasteiger partial charge in [-0.05, 0) is 38.7 Å². The molecule has 1 aromatic heterocycles. The standard InChI is InChI=1S/C17H26N4O2/c1-13-6-7-14(16(19-13)20-8-2-3-9-20)11-18-17(23)21-10-4-5-15(21)12-22/h6-7,15,22H,2-5,8-12H2,1H3,(H,18,23)/t15-/m1/s1. The number of carbonyl (C=O) groups is 1. The molecule has 1 aromatic rings. The molecule has 2 aliphatic rings. The molecule has 3 heterocycles. The Kier molecular flexibility index (Phi) is 5.00. The van der Waals surface area contributed by atoms with Gasteiger partial charge in [0.25, 0.3) is 0 Å². The summed E-state index contributed by atoms with van der Waals surface area (Å²) < 4.78 is 0.